The molecule has 202 valence electrons. The maximum Gasteiger partial charge on any atom is 0.258 e. The lowest BCUT2D eigenvalue weighted by atomic mass is 9.88. The van der Waals surface area contributed by atoms with E-state index in [1.165, 1.54) is 30.6 Å². The lowest BCUT2D eigenvalue weighted by molar-refractivity contribution is -0.126. The summed E-state index contributed by atoms with van der Waals surface area (Å²) in [4.78, 5) is 29.2. The van der Waals surface area contributed by atoms with Crippen LogP contribution < -0.4 is 11.1 Å². The summed E-state index contributed by atoms with van der Waals surface area (Å²) in [5.41, 5.74) is 5.54. The summed E-state index contributed by atoms with van der Waals surface area (Å²) >= 11 is 1.42. The van der Waals surface area contributed by atoms with E-state index >= 15 is 0 Å². The highest BCUT2D eigenvalue weighted by Gasteiger charge is 2.42. The van der Waals surface area contributed by atoms with Crippen LogP contribution in [0.25, 0.3) is 0 Å². The summed E-state index contributed by atoms with van der Waals surface area (Å²) in [6.45, 7) is 7.41. The minimum Gasteiger partial charge on any atom is -0.365 e. The maximum absolute atomic E-state index is 13.2. The monoisotopic (exact) mass is 526 g/mol. The van der Waals surface area contributed by atoms with Gasteiger partial charge < -0.3 is 15.6 Å². The molecular formula is C28H42N6O2S. The van der Waals surface area contributed by atoms with Crippen LogP contribution in [0.4, 0.5) is 0 Å². The van der Waals surface area contributed by atoms with Gasteiger partial charge in [0.25, 0.3) is 5.91 Å². The van der Waals surface area contributed by atoms with Crippen LogP contribution >= 0.6 is 11.3 Å². The van der Waals surface area contributed by atoms with Crippen LogP contribution in [0.5, 0.6) is 0 Å². The second-order valence-electron chi connectivity index (χ2n) is 11.6. The van der Waals surface area contributed by atoms with Gasteiger partial charge in [0.05, 0.1) is 10.9 Å². The second-order valence-corrected chi connectivity index (χ2v) is 12.7. The Morgan fingerprint density at radius 1 is 1.05 bits per heavy atom. The van der Waals surface area contributed by atoms with E-state index in [2.05, 4.69) is 45.8 Å². The van der Waals surface area contributed by atoms with E-state index in [1.807, 2.05) is 6.07 Å². The van der Waals surface area contributed by atoms with Crippen LogP contribution in [-0.4, -0.2) is 50.1 Å². The van der Waals surface area contributed by atoms with Crippen LogP contribution in [0.2, 0.25) is 0 Å². The van der Waals surface area contributed by atoms with E-state index < -0.39 is 5.91 Å². The first-order valence-electron chi connectivity index (χ1n) is 14.2. The molecule has 0 spiro atoms. The van der Waals surface area contributed by atoms with Crippen molar-refractivity contribution in [1.29, 1.82) is 0 Å². The molecule has 2 saturated heterocycles. The number of carbonyl (C=O) groups is 2. The molecule has 8 nitrogen and oxygen atoms in total. The molecule has 3 atom stereocenters. The van der Waals surface area contributed by atoms with Crippen molar-refractivity contribution in [2.75, 3.05) is 6.54 Å². The lowest BCUT2D eigenvalue weighted by Gasteiger charge is -2.40. The Hall–Kier alpha value is -2.26. The van der Waals surface area contributed by atoms with Crippen molar-refractivity contribution in [2.45, 2.75) is 115 Å². The van der Waals surface area contributed by atoms with Crippen LogP contribution in [-0.2, 0) is 4.79 Å². The Morgan fingerprint density at radius 3 is 2.38 bits per heavy atom. The highest BCUT2D eigenvalue weighted by molar-refractivity contribution is 7.14. The number of fused-ring (bicyclic) bond motifs is 2. The molecule has 2 amide bonds. The van der Waals surface area contributed by atoms with Gasteiger partial charge in [0.15, 0.2) is 0 Å². The summed E-state index contributed by atoms with van der Waals surface area (Å²) in [6, 6.07) is 5.23. The summed E-state index contributed by atoms with van der Waals surface area (Å²) in [7, 11) is 0. The number of rotatable bonds is 9. The van der Waals surface area contributed by atoms with E-state index in [9.17, 15) is 9.59 Å². The molecule has 1 aliphatic carbocycles. The fourth-order valence-corrected chi connectivity index (χ4v) is 7.89. The van der Waals surface area contributed by atoms with Crippen molar-refractivity contribution in [3.05, 3.63) is 33.5 Å². The number of aryl methyl sites for hydroxylation is 1. The molecule has 2 bridgehead atoms. The number of hydrogen-bond donors (Lipinski definition) is 2. The molecule has 3 aliphatic rings. The van der Waals surface area contributed by atoms with Gasteiger partial charge in [0.1, 0.15) is 11.6 Å². The zero-order valence-electron chi connectivity index (χ0n) is 22.5. The van der Waals surface area contributed by atoms with Gasteiger partial charge in [0, 0.05) is 41.4 Å². The topological polar surface area (TPSA) is 106 Å². The number of amides is 2. The molecule has 4 heterocycles. The zero-order valence-corrected chi connectivity index (χ0v) is 23.3. The molecule has 0 unspecified atom stereocenters. The Balaban J connectivity index is 1.27. The quantitative estimate of drug-likeness (QED) is 0.485. The number of aromatic nitrogens is 3. The second kappa shape index (κ2) is 11.2. The first-order valence-corrected chi connectivity index (χ1v) is 15.0. The highest BCUT2D eigenvalue weighted by Crippen LogP contribution is 2.42. The Morgan fingerprint density at radius 2 is 1.76 bits per heavy atom. The molecular weight excluding hydrogens is 484 g/mol. The van der Waals surface area contributed by atoms with E-state index in [-0.39, 0.29) is 17.9 Å². The van der Waals surface area contributed by atoms with Crippen molar-refractivity contribution in [2.24, 2.45) is 11.7 Å². The van der Waals surface area contributed by atoms with E-state index in [0.717, 1.165) is 68.0 Å². The van der Waals surface area contributed by atoms with Crippen LogP contribution in [0.1, 0.15) is 122 Å². The van der Waals surface area contributed by atoms with E-state index in [1.54, 1.807) is 6.07 Å². The number of nitrogens with one attached hydrogen (secondary N) is 1. The molecule has 3 fully saturated rings. The number of nitrogens with zero attached hydrogens (tertiary/aromatic N) is 4. The molecule has 3 N–H and O–H groups in total. The Kier molecular flexibility index (Phi) is 8.00. The number of nitrogens with two attached hydrogens (primary N) is 1. The van der Waals surface area contributed by atoms with Crippen LogP contribution in [0.15, 0.2) is 12.1 Å². The summed E-state index contributed by atoms with van der Waals surface area (Å²) in [5, 5.41) is 12.3. The number of thiophene rings is 1. The normalized spacial score (nSPS) is 25.5. The maximum atomic E-state index is 13.2. The fraction of sp³-hybridized carbons (Fsp3) is 0.714. The standard InChI is InChI=1S/C28H42N6O2S/c1-17(2)27-32-31-18(3)34(27)22-15-20-9-10-21(16-22)33(20)14-13-23(24-11-12-25(37-24)26(29)35)30-28(36)19-7-5-4-6-8-19/h11-12,17,19-23H,4-10,13-16H2,1-3H3,(H2,29,35)(H,30,36)/t20-,21-,23-/m0/s1. The molecule has 2 aliphatic heterocycles. The molecule has 2 aromatic heterocycles. The molecule has 5 rings (SSSR count). The van der Waals surface area contributed by atoms with Crippen molar-refractivity contribution < 1.29 is 9.59 Å². The summed E-state index contributed by atoms with van der Waals surface area (Å²) < 4.78 is 2.40. The Labute approximate surface area is 224 Å². The number of hydrogen-bond acceptors (Lipinski definition) is 6. The zero-order chi connectivity index (χ0) is 26.1. The molecule has 0 aromatic carbocycles. The predicted molar refractivity (Wildman–Crippen MR) is 146 cm³/mol. The molecule has 0 radical (unpaired) electrons. The summed E-state index contributed by atoms with van der Waals surface area (Å²) in [5.74, 6) is 2.37. The predicted octanol–water partition coefficient (Wildman–Crippen LogP) is 4.87. The van der Waals surface area contributed by atoms with Gasteiger partial charge in [-0.2, -0.15) is 0 Å². The Bertz CT molecular complexity index is 1090. The van der Waals surface area contributed by atoms with Gasteiger partial charge in [-0.3, -0.25) is 14.5 Å². The number of piperidine rings is 1. The van der Waals surface area contributed by atoms with Crippen molar-refractivity contribution in [3.63, 3.8) is 0 Å². The van der Waals surface area contributed by atoms with E-state index in [0.29, 0.717) is 28.9 Å². The largest absolute Gasteiger partial charge is 0.365 e. The molecule has 37 heavy (non-hydrogen) atoms. The molecule has 9 heteroatoms. The summed E-state index contributed by atoms with van der Waals surface area (Å²) in [6.07, 6.45) is 11.0. The first kappa shape index (κ1) is 26.4. The van der Waals surface area contributed by atoms with Gasteiger partial charge in [-0.1, -0.05) is 33.1 Å². The number of primary amides is 1. The molecule has 2 aromatic rings. The van der Waals surface area contributed by atoms with E-state index in [4.69, 9.17) is 5.73 Å². The van der Waals surface area contributed by atoms with Gasteiger partial charge in [-0.15, -0.1) is 21.5 Å². The molecule has 1 saturated carbocycles. The lowest BCUT2D eigenvalue weighted by Crippen LogP contribution is -2.45. The van der Waals surface area contributed by atoms with Crippen molar-refractivity contribution in [3.8, 4) is 0 Å². The first-order chi connectivity index (χ1) is 17.8. The fourth-order valence-electron chi connectivity index (χ4n) is 6.94. The van der Waals surface area contributed by atoms with Crippen LogP contribution in [0, 0.1) is 12.8 Å². The average Bonchev–Trinajstić information content (AvgIpc) is 3.58. The number of carbonyl (C=O) groups excluding carboxylic acids is 2. The van der Waals surface area contributed by atoms with Crippen molar-refractivity contribution in [1.82, 2.24) is 25.0 Å². The minimum atomic E-state index is -0.404. The van der Waals surface area contributed by atoms with Crippen LogP contribution in [0.3, 0.4) is 0 Å². The van der Waals surface area contributed by atoms with Gasteiger partial charge in [-0.25, -0.2) is 0 Å². The third kappa shape index (κ3) is 5.62. The smallest absolute Gasteiger partial charge is 0.258 e. The minimum absolute atomic E-state index is 0.0858. The van der Waals surface area contributed by atoms with Gasteiger partial charge in [0.2, 0.25) is 5.91 Å². The third-order valence-electron chi connectivity index (χ3n) is 8.82. The van der Waals surface area contributed by atoms with Crippen molar-refractivity contribution >= 4 is 23.2 Å². The highest BCUT2D eigenvalue weighted by atomic mass is 32.1. The third-order valence-corrected chi connectivity index (χ3v) is 10.0. The van der Waals surface area contributed by atoms with Gasteiger partial charge >= 0.3 is 0 Å². The average molecular weight is 527 g/mol. The SMILES string of the molecule is Cc1nnc(C(C)C)n1C1C[C@@H]2CC[C@@H](C1)N2CC[C@H](NC(=O)C1CCCCC1)c1ccc(C(N)=O)s1. The van der Waals surface area contributed by atoms with Gasteiger partial charge in [-0.05, 0) is 64.0 Å².